The number of aromatic nitrogens is 4. The molecular formula is C10H9N7S. The van der Waals surface area contributed by atoms with Crippen LogP contribution >= 0.6 is 11.8 Å². The minimum atomic E-state index is 0.545. The lowest BCUT2D eigenvalue weighted by atomic mass is 10.3. The molecule has 1 aromatic heterocycles. The van der Waals surface area contributed by atoms with Crippen molar-refractivity contribution >= 4 is 22.6 Å². The molecule has 2 aromatic rings. The Hall–Kier alpha value is -2.40. The molecule has 1 heterocycles. The highest BCUT2D eigenvalue weighted by molar-refractivity contribution is 8.13. The zero-order chi connectivity index (χ0) is 12.8. The van der Waals surface area contributed by atoms with Gasteiger partial charge in [-0.1, -0.05) is 11.8 Å². The fourth-order valence-corrected chi connectivity index (χ4v) is 1.58. The maximum atomic E-state index is 8.53. The van der Waals surface area contributed by atoms with Gasteiger partial charge in [-0.05, 0) is 35.7 Å². The number of rotatable bonds is 2. The predicted octanol–water partition coefficient (Wildman–Crippen LogP) is 1.08. The summed E-state index contributed by atoms with van der Waals surface area (Å²) in [5.74, 6) is 0. The summed E-state index contributed by atoms with van der Waals surface area (Å²) in [6.07, 6.45) is 5.05. The third-order valence-electron chi connectivity index (χ3n) is 2.02. The van der Waals surface area contributed by atoms with E-state index in [1.165, 1.54) is 22.9 Å². The summed E-state index contributed by atoms with van der Waals surface area (Å²) in [5, 5.41) is 22.9. The van der Waals surface area contributed by atoms with Crippen molar-refractivity contribution in [3.8, 4) is 11.9 Å². The first-order valence-corrected chi connectivity index (χ1v) is 6.17. The van der Waals surface area contributed by atoms with Gasteiger partial charge in [0.1, 0.15) is 0 Å². The average Bonchev–Trinajstić information content (AvgIpc) is 2.93. The number of nitriles is 1. The van der Waals surface area contributed by atoms with Crippen LogP contribution in [-0.2, 0) is 0 Å². The number of hydrogen-bond acceptors (Lipinski definition) is 6. The minimum Gasteiger partial charge on any atom is -0.271 e. The molecule has 0 aliphatic carbocycles. The SMILES string of the molecule is CSC(=Nc1ccc(-n2ncnn2)cc1)NC#N. The maximum Gasteiger partial charge on any atom is 0.183 e. The van der Waals surface area contributed by atoms with E-state index in [9.17, 15) is 0 Å². The van der Waals surface area contributed by atoms with Crippen LogP contribution < -0.4 is 5.32 Å². The highest BCUT2D eigenvalue weighted by Crippen LogP contribution is 2.16. The van der Waals surface area contributed by atoms with Crippen molar-refractivity contribution in [3.63, 3.8) is 0 Å². The Morgan fingerprint density at radius 1 is 1.44 bits per heavy atom. The van der Waals surface area contributed by atoms with Gasteiger partial charge in [-0.25, -0.2) is 4.99 Å². The molecule has 0 saturated carbocycles. The monoisotopic (exact) mass is 259 g/mol. The first-order chi connectivity index (χ1) is 8.83. The van der Waals surface area contributed by atoms with E-state index in [0.29, 0.717) is 5.17 Å². The van der Waals surface area contributed by atoms with E-state index in [-0.39, 0.29) is 0 Å². The normalized spacial score (nSPS) is 11.0. The van der Waals surface area contributed by atoms with Crippen LogP contribution in [0.5, 0.6) is 0 Å². The predicted molar refractivity (Wildman–Crippen MR) is 68.5 cm³/mol. The molecule has 0 bridgehead atoms. The fourth-order valence-electron chi connectivity index (χ4n) is 1.24. The van der Waals surface area contributed by atoms with Gasteiger partial charge >= 0.3 is 0 Å². The lowest BCUT2D eigenvalue weighted by Crippen LogP contribution is -2.12. The molecule has 0 spiro atoms. The Morgan fingerprint density at radius 2 is 2.22 bits per heavy atom. The summed E-state index contributed by atoms with van der Waals surface area (Å²) in [6, 6.07) is 7.28. The van der Waals surface area contributed by atoms with E-state index in [4.69, 9.17) is 5.26 Å². The van der Waals surface area contributed by atoms with Gasteiger partial charge < -0.3 is 0 Å². The van der Waals surface area contributed by atoms with Gasteiger partial charge in [-0.2, -0.15) is 5.26 Å². The first-order valence-electron chi connectivity index (χ1n) is 4.94. The van der Waals surface area contributed by atoms with Gasteiger partial charge in [0, 0.05) is 0 Å². The summed E-state index contributed by atoms with van der Waals surface area (Å²) < 4.78 is 0. The van der Waals surface area contributed by atoms with Crippen molar-refractivity contribution in [3.05, 3.63) is 30.6 Å². The van der Waals surface area contributed by atoms with E-state index < -0.39 is 0 Å². The van der Waals surface area contributed by atoms with Gasteiger partial charge in [0.15, 0.2) is 17.7 Å². The summed E-state index contributed by atoms with van der Waals surface area (Å²) in [4.78, 5) is 5.68. The smallest absolute Gasteiger partial charge is 0.183 e. The number of tetrazole rings is 1. The fraction of sp³-hybridized carbons (Fsp3) is 0.100. The topological polar surface area (TPSA) is 91.8 Å². The molecule has 7 nitrogen and oxygen atoms in total. The summed E-state index contributed by atoms with van der Waals surface area (Å²) in [7, 11) is 0. The van der Waals surface area contributed by atoms with Crippen LogP contribution in [0.4, 0.5) is 5.69 Å². The lowest BCUT2D eigenvalue weighted by molar-refractivity contribution is 0.720. The van der Waals surface area contributed by atoms with E-state index >= 15 is 0 Å². The van der Waals surface area contributed by atoms with E-state index in [1.54, 1.807) is 0 Å². The van der Waals surface area contributed by atoms with Crippen molar-refractivity contribution < 1.29 is 0 Å². The number of nitrogens with one attached hydrogen (secondary N) is 1. The van der Waals surface area contributed by atoms with E-state index in [0.717, 1.165) is 11.4 Å². The number of thioether (sulfide) groups is 1. The number of amidine groups is 1. The molecule has 0 saturated heterocycles. The number of benzene rings is 1. The van der Waals surface area contributed by atoms with Crippen molar-refractivity contribution in [2.75, 3.05) is 6.26 Å². The van der Waals surface area contributed by atoms with Crippen molar-refractivity contribution in [2.45, 2.75) is 0 Å². The highest BCUT2D eigenvalue weighted by atomic mass is 32.2. The van der Waals surface area contributed by atoms with Crippen molar-refractivity contribution in [1.29, 1.82) is 5.26 Å². The molecule has 0 aliphatic rings. The van der Waals surface area contributed by atoms with Gasteiger partial charge in [0.25, 0.3) is 0 Å². The molecule has 18 heavy (non-hydrogen) atoms. The van der Waals surface area contributed by atoms with E-state index in [2.05, 4.69) is 25.7 Å². The number of nitrogens with zero attached hydrogens (tertiary/aromatic N) is 6. The Balaban J connectivity index is 2.20. The Kier molecular flexibility index (Phi) is 3.88. The number of aliphatic imine (C=N–C) groups is 1. The van der Waals surface area contributed by atoms with Crippen LogP contribution in [0.2, 0.25) is 0 Å². The van der Waals surface area contributed by atoms with Crippen LogP contribution in [-0.4, -0.2) is 31.6 Å². The Morgan fingerprint density at radius 3 is 2.78 bits per heavy atom. The first kappa shape index (κ1) is 12.1. The molecule has 1 aromatic carbocycles. The molecule has 0 unspecified atom stereocenters. The van der Waals surface area contributed by atoms with Gasteiger partial charge in [0.2, 0.25) is 0 Å². The molecule has 1 N–H and O–H groups in total. The zero-order valence-electron chi connectivity index (χ0n) is 9.48. The Labute approximate surface area is 108 Å². The highest BCUT2D eigenvalue weighted by Gasteiger charge is 1.99. The van der Waals surface area contributed by atoms with Crippen LogP contribution in [0, 0.1) is 11.5 Å². The Bertz CT molecular complexity index is 567. The molecular weight excluding hydrogens is 250 g/mol. The second-order valence-electron chi connectivity index (χ2n) is 3.10. The third-order valence-corrected chi connectivity index (χ3v) is 2.60. The lowest BCUT2D eigenvalue weighted by Gasteiger charge is -2.01. The largest absolute Gasteiger partial charge is 0.271 e. The zero-order valence-corrected chi connectivity index (χ0v) is 10.3. The van der Waals surface area contributed by atoms with E-state index in [1.807, 2.05) is 36.7 Å². The van der Waals surface area contributed by atoms with Crippen molar-refractivity contribution in [2.24, 2.45) is 4.99 Å². The van der Waals surface area contributed by atoms with Crippen molar-refractivity contribution in [1.82, 2.24) is 25.5 Å². The second kappa shape index (κ2) is 5.79. The summed E-state index contributed by atoms with van der Waals surface area (Å²) >= 11 is 1.37. The molecule has 0 amide bonds. The maximum absolute atomic E-state index is 8.53. The second-order valence-corrected chi connectivity index (χ2v) is 3.89. The van der Waals surface area contributed by atoms with Gasteiger partial charge in [-0.15, -0.1) is 15.0 Å². The summed E-state index contributed by atoms with van der Waals surface area (Å²) in [6.45, 7) is 0. The summed E-state index contributed by atoms with van der Waals surface area (Å²) in [5.41, 5.74) is 1.54. The number of hydrogen-bond donors (Lipinski definition) is 1. The quantitative estimate of drug-likeness (QED) is 0.375. The van der Waals surface area contributed by atoms with Crippen LogP contribution in [0.3, 0.4) is 0 Å². The molecule has 0 radical (unpaired) electrons. The minimum absolute atomic E-state index is 0.545. The molecule has 0 atom stereocenters. The van der Waals surface area contributed by atoms with Gasteiger partial charge in [-0.3, -0.25) is 5.32 Å². The van der Waals surface area contributed by atoms with Crippen LogP contribution in [0.15, 0.2) is 35.6 Å². The molecule has 2 rings (SSSR count). The third kappa shape index (κ3) is 2.83. The van der Waals surface area contributed by atoms with Gasteiger partial charge in [0.05, 0.1) is 11.4 Å². The molecule has 90 valence electrons. The average molecular weight is 259 g/mol. The van der Waals surface area contributed by atoms with Crippen LogP contribution in [0.25, 0.3) is 5.69 Å². The molecule has 0 fully saturated rings. The standard InChI is InChI=1S/C10H9N7S/c1-18-10(12-6-11)15-8-2-4-9(5-3-8)17-14-7-13-16-17/h2-5,7H,1H3,(H,12,15). The molecule has 0 aliphatic heterocycles. The molecule has 8 heteroatoms. The van der Waals surface area contributed by atoms with Crippen LogP contribution in [0.1, 0.15) is 0 Å².